The number of hydrogen-bond donors (Lipinski definition) is 0. The predicted octanol–water partition coefficient (Wildman–Crippen LogP) is 2.39. The van der Waals surface area contributed by atoms with Crippen LogP contribution in [0.3, 0.4) is 0 Å². The number of hydrogen-bond acceptors (Lipinski definition) is 4. The van der Waals surface area contributed by atoms with Crippen LogP contribution in [0, 0.1) is 0 Å². The molecular formula is C13H20O4. The standard InChI is InChI=1S/C13H20O4/c1-6-7-8-10(12(15)16-5)9-11(14)17-13(2,3)4/h6-8H,9H2,1-5H3/b7-6+,10-8+. The SMILES string of the molecule is C/C=C/C=C(\CC(=O)OC(C)(C)C)C(=O)OC. The molecule has 0 aliphatic rings. The Kier molecular flexibility index (Phi) is 6.25. The van der Waals surface area contributed by atoms with Crippen LogP contribution in [0.25, 0.3) is 0 Å². The van der Waals surface area contributed by atoms with Gasteiger partial charge >= 0.3 is 11.9 Å². The maximum atomic E-state index is 11.6. The molecule has 0 aliphatic carbocycles. The fourth-order valence-electron chi connectivity index (χ4n) is 1.08. The zero-order valence-electron chi connectivity index (χ0n) is 11.1. The van der Waals surface area contributed by atoms with Crippen LogP contribution < -0.4 is 0 Å². The zero-order valence-corrected chi connectivity index (χ0v) is 11.1. The maximum absolute atomic E-state index is 11.6. The minimum absolute atomic E-state index is 0.0890. The highest BCUT2D eigenvalue weighted by Gasteiger charge is 2.20. The highest BCUT2D eigenvalue weighted by Crippen LogP contribution is 2.12. The van der Waals surface area contributed by atoms with Gasteiger partial charge in [0.2, 0.25) is 0 Å². The molecule has 0 saturated carbocycles. The maximum Gasteiger partial charge on any atom is 0.334 e. The molecule has 0 radical (unpaired) electrons. The molecule has 0 unspecified atom stereocenters. The first kappa shape index (κ1) is 15.4. The Hall–Kier alpha value is -1.58. The summed E-state index contributed by atoms with van der Waals surface area (Å²) in [5, 5.41) is 0. The average molecular weight is 240 g/mol. The van der Waals surface area contributed by atoms with E-state index in [1.165, 1.54) is 7.11 Å². The van der Waals surface area contributed by atoms with Crippen molar-refractivity contribution in [3.63, 3.8) is 0 Å². The van der Waals surface area contributed by atoms with Crippen LogP contribution in [0.4, 0.5) is 0 Å². The number of ether oxygens (including phenoxy) is 2. The Bertz CT molecular complexity index is 332. The minimum atomic E-state index is -0.557. The second-order valence-corrected chi connectivity index (χ2v) is 4.47. The molecule has 4 nitrogen and oxygen atoms in total. The Labute approximate surface area is 102 Å². The third-order valence-electron chi connectivity index (χ3n) is 1.69. The Morgan fingerprint density at radius 2 is 1.82 bits per heavy atom. The largest absolute Gasteiger partial charge is 0.466 e. The van der Waals surface area contributed by atoms with Gasteiger partial charge in [0.25, 0.3) is 0 Å². The molecule has 0 aliphatic heterocycles. The number of rotatable bonds is 4. The highest BCUT2D eigenvalue weighted by atomic mass is 16.6. The van der Waals surface area contributed by atoms with Crippen LogP contribution >= 0.6 is 0 Å². The summed E-state index contributed by atoms with van der Waals surface area (Å²) >= 11 is 0. The van der Waals surface area contributed by atoms with Crippen molar-refractivity contribution in [1.82, 2.24) is 0 Å². The Balaban J connectivity index is 4.66. The van der Waals surface area contributed by atoms with Gasteiger partial charge in [0.05, 0.1) is 13.5 Å². The van der Waals surface area contributed by atoms with Crippen molar-refractivity contribution in [2.75, 3.05) is 7.11 Å². The van der Waals surface area contributed by atoms with Crippen molar-refractivity contribution in [2.24, 2.45) is 0 Å². The highest BCUT2D eigenvalue weighted by molar-refractivity contribution is 5.94. The summed E-state index contributed by atoms with van der Waals surface area (Å²) in [7, 11) is 1.28. The van der Waals surface area contributed by atoms with E-state index in [4.69, 9.17) is 4.74 Å². The normalized spacial score (nSPS) is 12.6. The van der Waals surface area contributed by atoms with Gasteiger partial charge in [-0.05, 0) is 27.7 Å². The van der Waals surface area contributed by atoms with Gasteiger partial charge in [-0.25, -0.2) is 4.79 Å². The lowest BCUT2D eigenvalue weighted by Crippen LogP contribution is -2.24. The molecule has 17 heavy (non-hydrogen) atoms. The molecule has 0 spiro atoms. The van der Waals surface area contributed by atoms with Crippen LogP contribution in [0.15, 0.2) is 23.8 Å². The fourth-order valence-corrected chi connectivity index (χ4v) is 1.08. The van der Waals surface area contributed by atoms with Gasteiger partial charge in [-0.15, -0.1) is 0 Å². The van der Waals surface area contributed by atoms with Crippen molar-refractivity contribution >= 4 is 11.9 Å². The van der Waals surface area contributed by atoms with E-state index in [-0.39, 0.29) is 12.0 Å². The minimum Gasteiger partial charge on any atom is -0.466 e. The van der Waals surface area contributed by atoms with Gasteiger partial charge in [-0.1, -0.05) is 18.2 Å². The molecule has 0 fully saturated rings. The van der Waals surface area contributed by atoms with E-state index >= 15 is 0 Å². The van der Waals surface area contributed by atoms with Crippen LogP contribution in [0.2, 0.25) is 0 Å². The van der Waals surface area contributed by atoms with E-state index < -0.39 is 17.5 Å². The monoisotopic (exact) mass is 240 g/mol. The Morgan fingerprint density at radius 1 is 1.24 bits per heavy atom. The molecule has 0 aromatic rings. The van der Waals surface area contributed by atoms with Crippen molar-refractivity contribution < 1.29 is 19.1 Å². The molecule has 0 atom stereocenters. The molecule has 0 N–H and O–H groups in total. The summed E-state index contributed by atoms with van der Waals surface area (Å²) in [6, 6.07) is 0. The molecule has 0 aromatic carbocycles. The molecule has 96 valence electrons. The number of carbonyl (C=O) groups is 2. The van der Waals surface area contributed by atoms with E-state index in [0.717, 1.165) is 0 Å². The van der Waals surface area contributed by atoms with Crippen LogP contribution in [0.1, 0.15) is 34.1 Å². The smallest absolute Gasteiger partial charge is 0.334 e. The van der Waals surface area contributed by atoms with Gasteiger partial charge in [0.15, 0.2) is 0 Å². The van der Waals surface area contributed by atoms with E-state index in [1.807, 2.05) is 6.92 Å². The molecule has 0 bridgehead atoms. The van der Waals surface area contributed by atoms with E-state index in [9.17, 15) is 9.59 Å². The van der Waals surface area contributed by atoms with Crippen LogP contribution in [-0.2, 0) is 19.1 Å². The van der Waals surface area contributed by atoms with Crippen LogP contribution in [0.5, 0.6) is 0 Å². The predicted molar refractivity (Wildman–Crippen MR) is 65.4 cm³/mol. The first-order valence-electron chi connectivity index (χ1n) is 5.42. The number of esters is 2. The third kappa shape index (κ3) is 7.33. The Morgan fingerprint density at radius 3 is 2.24 bits per heavy atom. The molecule has 0 rings (SSSR count). The van der Waals surface area contributed by atoms with E-state index in [2.05, 4.69) is 4.74 Å². The first-order valence-corrected chi connectivity index (χ1v) is 5.42. The zero-order chi connectivity index (χ0) is 13.5. The summed E-state index contributed by atoms with van der Waals surface area (Å²) < 4.78 is 9.72. The lowest BCUT2D eigenvalue weighted by Gasteiger charge is -2.19. The van der Waals surface area contributed by atoms with Gasteiger partial charge in [-0.2, -0.15) is 0 Å². The average Bonchev–Trinajstić information content (AvgIpc) is 2.20. The van der Waals surface area contributed by atoms with Crippen LogP contribution in [-0.4, -0.2) is 24.6 Å². The van der Waals surface area contributed by atoms with Gasteiger partial charge in [0.1, 0.15) is 5.60 Å². The molecule has 4 heteroatoms. The van der Waals surface area contributed by atoms with Gasteiger partial charge in [0, 0.05) is 5.57 Å². The molecular weight excluding hydrogens is 220 g/mol. The van der Waals surface area contributed by atoms with Crippen molar-refractivity contribution in [3.8, 4) is 0 Å². The first-order chi connectivity index (χ1) is 7.80. The molecule has 0 amide bonds. The summed E-state index contributed by atoms with van der Waals surface area (Å²) in [4.78, 5) is 22.9. The van der Waals surface area contributed by atoms with Gasteiger partial charge in [-0.3, -0.25) is 4.79 Å². The van der Waals surface area contributed by atoms with Crippen molar-refractivity contribution in [3.05, 3.63) is 23.8 Å². The second kappa shape index (κ2) is 6.89. The topological polar surface area (TPSA) is 52.6 Å². The molecule has 0 saturated heterocycles. The summed E-state index contributed by atoms with van der Waals surface area (Å²) in [6.07, 6.45) is 4.90. The molecule has 0 aromatic heterocycles. The number of carbonyl (C=O) groups excluding carboxylic acids is 2. The summed E-state index contributed by atoms with van der Waals surface area (Å²) in [6.45, 7) is 7.15. The van der Waals surface area contributed by atoms with Crippen molar-refractivity contribution in [1.29, 1.82) is 0 Å². The van der Waals surface area contributed by atoms with E-state index in [0.29, 0.717) is 0 Å². The molecule has 0 heterocycles. The van der Waals surface area contributed by atoms with Gasteiger partial charge < -0.3 is 9.47 Å². The summed E-state index contributed by atoms with van der Waals surface area (Å²) in [5.41, 5.74) is -0.279. The third-order valence-corrected chi connectivity index (χ3v) is 1.69. The number of methoxy groups -OCH3 is 1. The summed E-state index contributed by atoms with van der Waals surface area (Å²) in [5.74, 6) is -0.965. The van der Waals surface area contributed by atoms with Crippen molar-refractivity contribution in [2.45, 2.75) is 39.7 Å². The quantitative estimate of drug-likeness (QED) is 0.430. The van der Waals surface area contributed by atoms with E-state index in [1.54, 1.807) is 39.0 Å². The fraction of sp³-hybridized carbons (Fsp3) is 0.538. The lowest BCUT2D eigenvalue weighted by atomic mass is 10.1. The number of allylic oxidation sites excluding steroid dienone is 3. The lowest BCUT2D eigenvalue weighted by molar-refractivity contribution is -0.155. The second-order valence-electron chi connectivity index (χ2n) is 4.47.